The van der Waals surface area contributed by atoms with E-state index in [1.807, 2.05) is 4.72 Å². The first-order valence-electron chi connectivity index (χ1n) is 8.95. The summed E-state index contributed by atoms with van der Waals surface area (Å²) < 4.78 is 45.6. The fourth-order valence-corrected chi connectivity index (χ4v) is 4.81. The van der Waals surface area contributed by atoms with Crippen LogP contribution >= 0.6 is 11.6 Å². The molecule has 1 aromatic rings. The summed E-state index contributed by atoms with van der Waals surface area (Å²) in [5.74, 6) is -0.753. The first-order chi connectivity index (χ1) is 12.3. The van der Waals surface area contributed by atoms with Gasteiger partial charge in [-0.15, -0.1) is 0 Å². The summed E-state index contributed by atoms with van der Waals surface area (Å²) in [6.45, 7) is 2.63. The maximum atomic E-state index is 14.3. The molecular formula is C18H23ClFNO4S. The maximum absolute atomic E-state index is 14.3. The molecule has 2 aliphatic rings. The van der Waals surface area contributed by atoms with Gasteiger partial charge in [-0.1, -0.05) is 37.8 Å². The number of sulfonamides is 1. The molecule has 2 unspecified atom stereocenters. The Bertz CT molecular complexity index is 795. The Kier molecular flexibility index (Phi) is 5.77. The Labute approximate surface area is 158 Å². The average molecular weight is 404 g/mol. The van der Waals surface area contributed by atoms with Crippen LogP contribution in [0.4, 0.5) is 4.39 Å². The van der Waals surface area contributed by atoms with Crippen molar-refractivity contribution in [1.29, 1.82) is 0 Å². The monoisotopic (exact) mass is 403 g/mol. The first-order valence-corrected chi connectivity index (χ1v) is 10.9. The van der Waals surface area contributed by atoms with Gasteiger partial charge in [0.1, 0.15) is 11.6 Å². The van der Waals surface area contributed by atoms with Crippen LogP contribution in [0.2, 0.25) is 5.02 Å². The van der Waals surface area contributed by atoms with Gasteiger partial charge in [-0.05, 0) is 37.2 Å². The van der Waals surface area contributed by atoms with Gasteiger partial charge in [0.05, 0.1) is 22.4 Å². The normalized spacial score (nSPS) is 23.5. The third-order valence-corrected chi connectivity index (χ3v) is 7.32. The van der Waals surface area contributed by atoms with E-state index >= 15 is 0 Å². The molecule has 2 saturated carbocycles. The Morgan fingerprint density at radius 2 is 1.96 bits per heavy atom. The van der Waals surface area contributed by atoms with Crippen molar-refractivity contribution in [2.24, 2.45) is 11.8 Å². The Hall–Kier alpha value is -1.34. The summed E-state index contributed by atoms with van der Waals surface area (Å²) in [5.41, 5.74) is -0.405. The molecule has 0 radical (unpaired) electrons. The van der Waals surface area contributed by atoms with Crippen LogP contribution < -0.4 is 9.46 Å². The lowest BCUT2D eigenvalue weighted by Gasteiger charge is -2.28. The van der Waals surface area contributed by atoms with Crippen LogP contribution in [0.15, 0.2) is 12.1 Å². The van der Waals surface area contributed by atoms with Gasteiger partial charge in [0, 0.05) is 6.07 Å². The van der Waals surface area contributed by atoms with Gasteiger partial charge in [-0.25, -0.2) is 17.5 Å². The van der Waals surface area contributed by atoms with Crippen molar-refractivity contribution in [2.75, 3.05) is 6.61 Å². The number of hydrogen-bond acceptors (Lipinski definition) is 4. The molecule has 2 aliphatic carbocycles. The third kappa shape index (κ3) is 4.49. The number of hydrogen-bond donors (Lipinski definition) is 1. The van der Waals surface area contributed by atoms with Gasteiger partial charge in [-0.3, -0.25) is 4.79 Å². The quantitative estimate of drug-likeness (QED) is 0.781. The average Bonchev–Trinajstić information content (AvgIpc) is 3.41. The van der Waals surface area contributed by atoms with Crippen LogP contribution in [0.25, 0.3) is 0 Å². The van der Waals surface area contributed by atoms with Gasteiger partial charge in [0.15, 0.2) is 0 Å². The topological polar surface area (TPSA) is 72.5 Å². The lowest BCUT2D eigenvalue weighted by molar-refractivity contribution is 0.0977. The summed E-state index contributed by atoms with van der Waals surface area (Å²) in [4.78, 5) is 12.1. The molecule has 2 atom stereocenters. The van der Waals surface area contributed by atoms with Crippen LogP contribution in [0.1, 0.15) is 55.8 Å². The molecule has 1 aromatic carbocycles. The van der Waals surface area contributed by atoms with Gasteiger partial charge in [-0.2, -0.15) is 0 Å². The third-order valence-electron chi connectivity index (χ3n) is 5.21. The second-order valence-electron chi connectivity index (χ2n) is 7.27. The summed E-state index contributed by atoms with van der Waals surface area (Å²) in [6.07, 6.45) is 5.64. The number of carbonyl (C=O) groups excluding carboxylic acids is 1. The van der Waals surface area contributed by atoms with Crippen LogP contribution in [0.3, 0.4) is 0 Å². The highest BCUT2D eigenvalue weighted by atomic mass is 35.5. The SMILES string of the molecule is CC1CCCCC1COc1cc(F)c(C(=O)NS(=O)(=O)C2CC2)cc1Cl. The van der Waals surface area contributed by atoms with E-state index in [1.165, 1.54) is 6.42 Å². The van der Waals surface area contributed by atoms with Gasteiger partial charge >= 0.3 is 0 Å². The number of benzene rings is 1. The minimum Gasteiger partial charge on any atom is -0.492 e. The van der Waals surface area contributed by atoms with Crippen molar-refractivity contribution in [3.8, 4) is 5.75 Å². The molecule has 0 heterocycles. The van der Waals surface area contributed by atoms with Crippen molar-refractivity contribution in [1.82, 2.24) is 4.72 Å². The minimum atomic E-state index is -3.75. The van der Waals surface area contributed by atoms with E-state index in [2.05, 4.69) is 6.92 Å². The lowest BCUT2D eigenvalue weighted by Crippen LogP contribution is -2.33. The highest BCUT2D eigenvalue weighted by molar-refractivity contribution is 7.91. The molecule has 8 heteroatoms. The Morgan fingerprint density at radius 3 is 2.62 bits per heavy atom. The van der Waals surface area contributed by atoms with Crippen molar-refractivity contribution < 1.29 is 22.3 Å². The second-order valence-corrected chi connectivity index (χ2v) is 9.64. The maximum Gasteiger partial charge on any atom is 0.267 e. The molecular weight excluding hydrogens is 381 g/mol. The van der Waals surface area contributed by atoms with E-state index in [1.54, 1.807) is 0 Å². The molecule has 0 saturated heterocycles. The number of nitrogens with one attached hydrogen (secondary N) is 1. The van der Waals surface area contributed by atoms with Crippen LogP contribution in [0, 0.1) is 17.7 Å². The van der Waals surface area contributed by atoms with Crippen molar-refractivity contribution in [3.63, 3.8) is 0 Å². The number of ether oxygens (including phenoxy) is 1. The molecule has 0 aromatic heterocycles. The van der Waals surface area contributed by atoms with Gasteiger partial charge in [0.2, 0.25) is 10.0 Å². The fraction of sp³-hybridized carbons (Fsp3) is 0.611. The summed E-state index contributed by atoms with van der Waals surface area (Å²) in [7, 11) is -3.75. The molecule has 3 rings (SSSR count). The zero-order chi connectivity index (χ0) is 18.9. The van der Waals surface area contributed by atoms with E-state index in [9.17, 15) is 17.6 Å². The van der Waals surface area contributed by atoms with E-state index in [-0.39, 0.29) is 10.8 Å². The van der Waals surface area contributed by atoms with Gasteiger partial charge < -0.3 is 4.74 Å². The molecule has 144 valence electrons. The standard InChI is InChI=1S/C18H23ClFNO4S/c1-11-4-2-3-5-12(11)10-25-17-9-16(20)14(8-15(17)19)18(22)21-26(23,24)13-6-7-13/h8-9,11-13H,2-7,10H2,1H3,(H,21,22). The number of amides is 1. The zero-order valence-electron chi connectivity index (χ0n) is 14.6. The molecule has 1 amide bonds. The molecule has 26 heavy (non-hydrogen) atoms. The van der Waals surface area contributed by atoms with E-state index in [0.717, 1.165) is 31.4 Å². The van der Waals surface area contributed by atoms with E-state index < -0.39 is 32.6 Å². The van der Waals surface area contributed by atoms with Crippen molar-refractivity contribution >= 4 is 27.5 Å². The first kappa shape index (κ1) is 19.4. The highest BCUT2D eigenvalue weighted by Crippen LogP contribution is 2.33. The smallest absolute Gasteiger partial charge is 0.267 e. The number of halogens is 2. The molecule has 0 aliphatic heterocycles. The van der Waals surface area contributed by atoms with Crippen molar-refractivity contribution in [2.45, 2.75) is 50.7 Å². The molecule has 0 bridgehead atoms. The van der Waals surface area contributed by atoms with Gasteiger partial charge in [0.25, 0.3) is 5.91 Å². The van der Waals surface area contributed by atoms with Crippen molar-refractivity contribution in [3.05, 3.63) is 28.5 Å². The predicted molar refractivity (Wildman–Crippen MR) is 97.4 cm³/mol. The predicted octanol–water partition coefficient (Wildman–Crippen LogP) is 3.91. The molecule has 2 fully saturated rings. The minimum absolute atomic E-state index is 0.0869. The number of carbonyl (C=O) groups is 1. The fourth-order valence-electron chi connectivity index (χ4n) is 3.30. The van der Waals surface area contributed by atoms with Crippen LogP contribution in [0.5, 0.6) is 5.75 Å². The second kappa shape index (κ2) is 7.72. The molecule has 0 spiro atoms. The molecule has 5 nitrogen and oxygen atoms in total. The lowest BCUT2D eigenvalue weighted by atomic mass is 9.81. The van der Waals surface area contributed by atoms with Crippen LogP contribution in [-0.4, -0.2) is 26.2 Å². The van der Waals surface area contributed by atoms with Crippen LogP contribution in [-0.2, 0) is 10.0 Å². The summed E-state index contributed by atoms with van der Waals surface area (Å²) in [5, 5.41) is -0.478. The van der Waals surface area contributed by atoms with E-state index in [0.29, 0.717) is 31.3 Å². The summed E-state index contributed by atoms with van der Waals surface area (Å²) in [6, 6.07) is 2.17. The molecule has 1 N–H and O–H groups in total. The van der Waals surface area contributed by atoms with E-state index in [4.69, 9.17) is 16.3 Å². The Morgan fingerprint density at radius 1 is 1.27 bits per heavy atom. The Balaban J connectivity index is 1.68. The highest BCUT2D eigenvalue weighted by Gasteiger charge is 2.37. The largest absolute Gasteiger partial charge is 0.492 e. The zero-order valence-corrected chi connectivity index (χ0v) is 16.2. The summed E-state index contributed by atoms with van der Waals surface area (Å²) >= 11 is 6.12. The number of rotatable bonds is 6.